The number of hydrogen-bond donors (Lipinski definition) is 1. The van der Waals surface area contributed by atoms with Gasteiger partial charge in [-0.3, -0.25) is 0 Å². The third-order valence-electron chi connectivity index (χ3n) is 2.01. The normalized spacial score (nSPS) is 12.0. The highest BCUT2D eigenvalue weighted by Gasteiger charge is 2.13. The lowest BCUT2D eigenvalue weighted by Crippen LogP contribution is -1.99. The minimum absolute atomic E-state index is 0.0245. The van der Waals surface area contributed by atoms with Gasteiger partial charge in [-0.2, -0.15) is 0 Å². The highest BCUT2D eigenvalue weighted by atomic mass is 32.2. The maximum atomic E-state index is 10.7. The second-order valence-electron chi connectivity index (χ2n) is 3.00. The quantitative estimate of drug-likeness (QED) is 0.796. The third-order valence-corrected chi connectivity index (χ3v) is 2.59. The van der Waals surface area contributed by atoms with E-state index in [1.165, 1.54) is 21.3 Å². The Morgan fingerprint density at radius 1 is 1.12 bits per heavy atom. The monoisotopic (exact) mass is 246 g/mol. The van der Waals surface area contributed by atoms with Crippen molar-refractivity contribution in [2.45, 2.75) is 5.75 Å². The molecule has 1 aromatic rings. The Morgan fingerprint density at radius 3 is 1.94 bits per heavy atom. The molecule has 0 fully saturated rings. The summed E-state index contributed by atoms with van der Waals surface area (Å²) in [6, 6.07) is 3.30. The minimum atomic E-state index is -1.90. The van der Waals surface area contributed by atoms with Crippen molar-refractivity contribution in [1.29, 1.82) is 0 Å². The number of ether oxygens (including phenoxy) is 3. The van der Waals surface area contributed by atoms with Gasteiger partial charge in [-0.15, -0.1) is 0 Å². The summed E-state index contributed by atoms with van der Waals surface area (Å²) in [7, 11) is 4.50. The second-order valence-corrected chi connectivity index (χ2v) is 3.93. The van der Waals surface area contributed by atoms with Crippen molar-refractivity contribution in [3.8, 4) is 17.2 Å². The summed E-state index contributed by atoms with van der Waals surface area (Å²) in [5, 5.41) is 0. The maximum absolute atomic E-state index is 10.7. The van der Waals surface area contributed by atoms with Gasteiger partial charge in [0.15, 0.2) is 22.6 Å². The molecule has 1 atom stereocenters. The van der Waals surface area contributed by atoms with Crippen molar-refractivity contribution in [3.05, 3.63) is 17.7 Å². The van der Waals surface area contributed by atoms with Crippen LogP contribution in [0.15, 0.2) is 12.1 Å². The number of benzene rings is 1. The van der Waals surface area contributed by atoms with Gasteiger partial charge >= 0.3 is 0 Å². The molecule has 0 spiro atoms. The van der Waals surface area contributed by atoms with Crippen LogP contribution in [0.3, 0.4) is 0 Å². The van der Waals surface area contributed by atoms with Gasteiger partial charge < -0.3 is 18.8 Å². The molecule has 0 aliphatic heterocycles. The van der Waals surface area contributed by atoms with E-state index in [0.29, 0.717) is 22.8 Å². The summed E-state index contributed by atoms with van der Waals surface area (Å²) in [6.45, 7) is 0. The van der Waals surface area contributed by atoms with E-state index in [4.69, 9.17) is 18.8 Å². The SMILES string of the molecule is COc1cc(CS(=O)O)cc(OC)c1OC. The smallest absolute Gasteiger partial charge is 0.203 e. The van der Waals surface area contributed by atoms with Crippen molar-refractivity contribution < 1.29 is 23.0 Å². The highest BCUT2D eigenvalue weighted by molar-refractivity contribution is 7.78. The van der Waals surface area contributed by atoms with E-state index in [2.05, 4.69) is 0 Å². The fraction of sp³-hybridized carbons (Fsp3) is 0.400. The predicted molar refractivity (Wildman–Crippen MR) is 60.6 cm³/mol. The molecule has 0 saturated heterocycles. The Labute approximate surface area is 96.6 Å². The molecule has 6 heteroatoms. The molecule has 0 aromatic heterocycles. The molecule has 5 nitrogen and oxygen atoms in total. The molecule has 0 radical (unpaired) electrons. The standard InChI is InChI=1S/C10H14O5S/c1-13-8-4-7(6-16(11)12)5-9(14-2)10(8)15-3/h4-5H,6H2,1-3H3,(H,11,12). The van der Waals surface area contributed by atoms with E-state index in [-0.39, 0.29) is 5.75 Å². The van der Waals surface area contributed by atoms with Crippen LogP contribution in [0, 0.1) is 0 Å². The Hall–Kier alpha value is -1.27. The molecule has 0 saturated carbocycles. The molecular formula is C10H14O5S. The number of rotatable bonds is 5. The van der Waals surface area contributed by atoms with Crippen LogP contribution in [0.5, 0.6) is 17.2 Å². The molecule has 0 bridgehead atoms. The van der Waals surface area contributed by atoms with E-state index >= 15 is 0 Å². The first-order chi connectivity index (χ1) is 7.62. The first-order valence-electron chi connectivity index (χ1n) is 4.48. The lowest BCUT2D eigenvalue weighted by atomic mass is 10.2. The average Bonchev–Trinajstić information content (AvgIpc) is 2.26. The van der Waals surface area contributed by atoms with Gasteiger partial charge in [0.1, 0.15) is 0 Å². The lowest BCUT2D eigenvalue weighted by molar-refractivity contribution is 0.324. The van der Waals surface area contributed by atoms with Crippen molar-refractivity contribution in [2.24, 2.45) is 0 Å². The van der Waals surface area contributed by atoms with Gasteiger partial charge in [-0.05, 0) is 17.7 Å². The molecule has 1 rings (SSSR count). The zero-order valence-electron chi connectivity index (χ0n) is 9.35. The van der Waals surface area contributed by atoms with E-state index < -0.39 is 11.1 Å². The third kappa shape index (κ3) is 2.86. The fourth-order valence-corrected chi connectivity index (χ4v) is 1.81. The number of methoxy groups -OCH3 is 3. The predicted octanol–water partition coefficient (Wildman–Crippen LogP) is 1.43. The van der Waals surface area contributed by atoms with Crippen molar-refractivity contribution in [2.75, 3.05) is 21.3 Å². The Kier molecular flexibility index (Phi) is 4.57. The average molecular weight is 246 g/mol. The first-order valence-corrected chi connectivity index (χ1v) is 5.76. The van der Waals surface area contributed by atoms with Crippen LogP contribution in [-0.4, -0.2) is 30.1 Å². The maximum Gasteiger partial charge on any atom is 0.203 e. The van der Waals surface area contributed by atoms with E-state index in [0.717, 1.165) is 0 Å². The van der Waals surface area contributed by atoms with E-state index in [1.54, 1.807) is 12.1 Å². The van der Waals surface area contributed by atoms with E-state index in [9.17, 15) is 4.21 Å². The highest BCUT2D eigenvalue weighted by Crippen LogP contribution is 2.38. The second kappa shape index (κ2) is 5.72. The minimum Gasteiger partial charge on any atom is -0.493 e. The van der Waals surface area contributed by atoms with Crippen molar-refractivity contribution in [1.82, 2.24) is 0 Å². The van der Waals surface area contributed by atoms with Crippen LogP contribution in [0.1, 0.15) is 5.56 Å². The van der Waals surface area contributed by atoms with E-state index in [1.807, 2.05) is 0 Å². The molecule has 0 aliphatic carbocycles. The zero-order chi connectivity index (χ0) is 12.1. The molecule has 16 heavy (non-hydrogen) atoms. The van der Waals surface area contributed by atoms with Crippen LogP contribution in [-0.2, 0) is 16.8 Å². The van der Waals surface area contributed by atoms with Crippen LogP contribution in [0.4, 0.5) is 0 Å². The lowest BCUT2D eigenvalue weighted by Gasteiger charge is -2.13. The van der Waals surface area contributed by atoms with Gasteiger partial charge in [-0.1, -0.05) is 0 Å². The first kappa shape index (κ1) is 12.8. The molecule has 90 valence electrons. The van der Waals surface area contributed by atoms with Crippen LogP contribution in [0.25, 0.3) is 0 Å². The molecule has 1 unspecified atom stereocenters. The summed E-state index contributed by atoms with van der Waals surface area (Å²) in [4.78, 5) is 0. The van der Waals surface area contributed by atoms with Gasteiger partial charge in [0.25, 0.3) is 0 Å². The molecule has 0 amide bonds. The van der Waals surface area contributed by atoms with Gasteiger partial charge in [0, 0.05) is 0 Å². The number of hydrogen-bond acceptors (Lipinski definition) is 4. The van der Waals surface area contributed by atoms with Gasteiger partial charge in [0.2, 0.25) is 5.75 Å². The molecular weight excluding hydrogens is 232 g/mol. The van der Waals surface area contributed by atoms with Crippen molar-refractivity contribution in [3.63, 3.8) is 0 Å². The molecule has 0 aliphatic rings. The Bertz CT molecular complexity index is 366. The summed E-state index contributed by atoms with van der Waals surface area (Å²) in [5.74, 6) is 1.44. The Morgan fingerprint density at radius 2 is 1.62 bits per heavy atom. The zero-order valence-corrected chi connectivity index (χ0v) is 10.2. The summed E-state index contributed by atoms with van der Waals surface area (Å²) < 4.78 is 34.9. The summed E-state index contributed by atoms with van der Waals surface area (Å²) >= 11 is -1.90. The summed E-state index contributed by atoms with van der Waals surface area (Å²) in [5.41, 5.74) is 0.648. The molecule has 0 heterocycles. The van der Waals surface area contributed by atoms with Gasteiger partial charge in [-0.25, -0.2) is 4.21 Å². The van der Waals surface area contributed by atoms with Crippen molar-refractivity contribution >= 4 is 11.1 Å². The molecule has 1 aromatic carbocycles. The largest absolute Gasteiger partial charge is 0.493 e. The summed E-state index contributed by atoms with van der Waals surface area (Å²) in [6.07, 6.45) is 0. The van der Waals surface area contributed by atoms with Crippen LogP contribution < -0.4 is 14.2 Å². The molecule has 1 N–H and O–H groups in total. The Balaban J connectivity index is 3.20. The fourth-order valence-electron chi connectivity index (χ4n) is 1.36. The topological polar surface area (TPSA) is 65.0 Å². The van der Waals surface area contributed by atoms with Crippen LogP contribution in [0.2, 0.25) is 0 Å². The van der Waals surface area contributed by atoms with Crippen LogP contribution >= 0.6 is 0 Å². The van der Waals surface area contributed by atoms with Gasteiger partial charge in [0.05, 0.1) is 27.1 Å².